The van der Waals surface area contributed by atoms with E-state index in [1.54, 1.807) is 26.8 Å². The number of benzene rings is 1. The molecule has 1 aromatic carbocycles. The third-order valence-corrected chi connectivity index (χ3v) is 2.67. The molecule has 0 aromatic heterocycles. The highest BCUT2D eigenvalue weighted by molar-refractivity contribution is 5.78. The molecule has 1 aromatic rings. The highest BCUT2D eigenvalue weighted by Gasteiger charge is 2.26. The van der Waals surface area contributed by atoms with E-state index in [0.29, 0.717) is 5.56 Å². The Bertz CT molecular complexity index is 453. The minimum atomic E-state index is -1.51. The molecule has 0 heterocycles. The summed E-state index contributed by atoms with van der Waals surface area (Å²) >= 11 is 0. The average molecular weight is 254 g/mol. The smallest absolute Gasteiger partial charge is 0.339 e. The lowest BCUT2D eigenvalue weighted by Crippen LogP contribution is -2.17. The van der Waals surface area contributed by atoms with E-state index in [0.717, 1.165) is 5.56 Å². The second-order valence-corrected chi connectivity index (χ2v) is 3.96. The molecule has 5 heteroatoms. The van der Waals surface area contributed by atoms with E-state index in [-0.39, 0.29) is 23.7 Å². The van der Waals surface area contributed by atoms with E-state index in [1.165, 1.54) is 7.11 Å². The number of esters is 1. The number of phenols is 1. The molecule has 1 rings (SSSR count). The third-order valence-electron chi connectivity index (χ3n) is 2.67. The van der Waals surface area contributed by atoms with Gasteiger partial charge >= 0.3 is 5.97 Å². The SMILES string of the molecule is CCOC(=O)C(O)c1c(C)cc(C)c(OC)c1O. The number of rotatable bonds is 4. The summed E-state index contributed by atoms with van der Waals surface area (Å²) in [5, 5.41) is 19.9. The number of aliphatic hydroxyl groups is 1. The Hall–Kier alpha value is -1.75. The molecule has 100 valence electrons. The normalized spacial score (nSPS) is 12.1. The highest BCUT2D eigenvalue weighted by Crippen LogP contribution is 2.39. The maximum absolute atomic E-state index is 11.5. The van der Waals surface area contributed by atoms with E-state index in [4.69, 9.17) is 9.47 Å². The van der Waals surface area contributed by atoms with Crippen molar-refractivity contribution in [1.82, 2.24) is 0 Å². The zero-order valence-electron chi connectivity index (χ0n) is 11.0. The van der Waals surface area contributed by atoms with Crippen LogP contribution >= 0.6 is 0 Å². The van der Waals surface area contributed by atoms with E-state index < -0.39 is 12.1 Å². The van der Waals surface area contributed by atoms with Gasteiger partial charge in [-0.25, -0.2) is 4.79 Å². The van der Waals surface area contributed by atoms with Crippen molar-refractivity contribution in [3.63, 3.8) is 0 Å². The van der Waals surface area contributed by atoms with Gasteiger partial charge in [-0.05, 0) is 31.9 Å². The van der Waals surface area contributed by atoms with Gasteiger partial charge in [0.15, 0.2) is 17.6 Å². The molecule has 0 aliphatic rings. The van der Waals surface area contributed by atoms with Gasteiger partial charge in [0.25, 0.3) is 0 Å². The summed E-state index contributed by atoms with van der Waals surface area (Å²) in [4.78, 5) is 11.5. The number of hydrogen-bond acceptors (Lipinski definition) is 5. The molecule has 0 fully saturated rings. The standard InChI is InChI=1S/C13H18O5/c1-5-18-13(16)11(15)9-7(2)6-8(3)12(17-4)10(9)14/h6,11,14-15H,5H2,1-4H3. The largest absolute Gasteiger partial charge is 0.504 e. The fourth-order valence-electron chi connectivity index (χ4n) is 1.91. The summed E-state index contributed by atoms with van der Waals surface area (Å²) in [5.74, 6) is -0.767. The van der Waals surface area contributed by atoms with Gasteiger partial charge in [0.05, 0.1) is 13.7 Å². The number of methoxy groups -OCH3 is 1. The van der Waals surface area contributed by atoms with Crippen LogP contribution in [-0.4, -0.2) is 29.9 Å². The highest BCUT2D eigenvalue weighted by atomic mass is 16.5. The molecule has 2 N–H and O–H groups in total. The second kappa shape index (κ2) is 5.73. The first-order valence-corrected chi connectivity index (χ1v) is 5.65. The van der Waals surface area contributed by atoms with Crippen molar-refractivity contribution in [3.8, 4) is 11.5 Å². The Kier molecular flexibility index (Phi) is 4.55. The zero-order chi connectivity index (χ0) is 13.9. The van der Waals surface area contributed by atoms with Crippen molar-refractivity contribution in [3.05, 3.63) is 22.8 Å². The molecule has 0 radical (unpaired) electrons. The lowest BCUT2D eigenvalue weighted by Gasteiger charge is -2.17. The van der Waals surface area contributed by atoms with Crippen LogP contribution in [0, 0.1) is 13.8 Å². The van der Waals surface area contributed by atoms with E-state index >= 15 is 0 Å². The zero-order valence-corrected chi connectivity index (χ0v) is 11.0. The van der Waals surface area contributed by atoms with Crippen LogP contribution in [0.15, 0.2) is 6.07 Å². The molecule has 0 aliphatic carbocycles. The number of aliphatic hydroxyl groups excluding tert-OH is 1. The molecule has 0 spiro atoms. The molecule has 18 heavy (non-hydrogen) atoms. The monoisotopic (exact) mass is 254 g/mol. The molecular formula is C13H18O5. The molecule has 5 nitrogen and oxygen atoms in total. The maximum Gasteiger partial charge on any atom is 0.339 e. The number of ether oxygens (including phenoxy) is 2. The van der Waals surface area contributed by atoms with E-state index in [2.05, 4.69) is 0 Å². The lowest BCUT2D eigenvalue weighted by atomic mass is 9.98. The van der Waals surface area contributed by atoms with Gasteiger partial charge in [0.1, 0.15) is 0 Å². The van der Waals surface area contributed by atoms with Crippen LogP contribution in [0.1, 0.15) is 29.7 Å². The predicted octanol–water partition coefficient (Wildman–Crippen LogP) is 1.61. The van der Waals surface area contributed by atoms with E-state index in [1.807, 2.05) is 0 Å². The number of carbonyl (C=O) groups is 1. The topological polar surface area (TPSA) is 76.0 Å². The number of aromatic hydroxyl groups is 1. The first-order valence-electron chi connectivity index (χ1n) is 5.65. The van der Waals surface area contributed by atoms with Crippen LogP contribution in [0.4, 0.5) is 0 Å². The number of aryl methyl sites for hydroxylation is 2. The van der Waals surface area contributed by atoms with Gasteiger partial charge in [0.2, 0.25) is 0 Å². The fourth-order valence-corrected chi connectivity index (χ4v) is 1.91. The first kappa shape index (κ1) is 14.3. The van der Waals surface area contributed by atoms with Crippen LogP contribution < -0.4 is 4.74 Å². The Labute approximate surface area is 106 Å². The maximum atomic E-state index is 11.5. The summed E-state index contributed by atoms with van der Waals surface area (Å²) in [5.41, 5.74) is 1.45. The van der Waals surface area contributed by atoms with Crippen LogP contribution in [0.25, 0.3) is 0 Å². The fraction of sp³-hybridized carbons (Fsp3) is 0.462. The molecule has 0 saturated heterocycles. The van der Waals surface area contributed by atoms with Crippen molar-refractivity contribution in [1.29, 1.82) is 0 Å². The van der Waals surface area contributed by atoms with Crippen molar-refractivity contribution in [2.24, 2.45) is 0 Å². The molecule has 0 aliphatic heterocycles. The second-order valence-electron chi connectivity index (χ2n) is 3.96. The van der Waals surface area contributed by atoms with Crippen molar-refractivity contribution >= 4 is 5.97 Å². The van der Waals surface area contributed by atoms with Gasteiger partial charge in [-0.15, -0.1) is 0 Å². The summed E-state index contributed by atoms with van der Waals surface area (Å²) < 4.78 is 9.78. The molecule has 0 saturated carbocycles. The number of carbonyl (C=O) groups excluding carboxylic acids is 1. The van der Waals surface area contributed by atoms with Crippen LogP contribution in [-0.2, 0) is 9.53 Å². The van der Waals surface area contributed by atoms with Gasteiger partial charge in [-0.2, -0.15) is 0 Å². The Morgan fingerprint density at radius 3 is 2.50 bits per heavy atom. The van der Waals surface area contributed by atoms with Gasteiger partial charge < -0.3 is 19.7 Å². The first-order chi connectivity index (χ1) is 8.43. The van der Waals surface area contributed by atoms with Crippen LogP contribution in [0.5, 0.6) is 11.5 Å². The number of phenolic OH excluding ortho intramolecular Hbond substituents is 1. The Morgan fingerprint density at radius 1 is 1.39 bits per heavy atom. The van der Waals surface area contributed by atoms with Crippen LogP contribution in [0.2, 0.25) is 0 Å². The molecule has 1 atom stereocenters. The minimum Gasteiger partial charge on any atom is -0.504 e. The Balaban J connectivity index is 3.28. The van der Waals surface area contributed by atoms with Crippen molar-refractivity contribution in [2.45, 2.75) is 26.9 Å². The number of hydrogen-bond donors (Lipinski definition) is 2. The Morgan fingerprint density at radius 2 is 2.00 bits per heavy atom. The molecular weight excluding hydrogens is 236 g/mol. The summed E-state index contributed by atoms with van der Waals surface area (Å²) in [6.45, 7) is 5.28. The average Bonchev–Trinajstić information content (AvgIpc) is 2.29. The molecule has 1 unspecified atom stereocenters. The van der Waals surface area contributed by atoms with Gasteiger partial charge in [0, 0.05) is 5.56 Å². The van der Waals surface area contributed by atoms with Crippen LogP contribution in [0.3, 0.4) is 0 Å². The van der Waals surface area contributed by atoms with Gasteiger partial charge in [-0.3, -0.25) is 0 Å². The van der Waals surface area contributed by atoms with E-state index in [9.17, 15) is 15.0 Å². The summed E-state index contributed by atoms with van der Waals surface area (Å²) in [7, 11) is 1.41. The van der Waals surface area contributed by atoms with Crippen molar-refractivity contribution in [2.75, 3.05) is 13.7 Å². The van der Waals surface area contributed by atoms with Gasteiger partial charge in [-0.1, -0.05) is 6.07 Å². The summed E-state index contributed by atoms with van der Waals surface area (Å²) in [6.07, 6.45) is -1.51. The minimum absolute atomic E-state index is 0.121. The predicted molar refractivity (Wildman–Crippen MR) is 65.7 cm³/mol. The van der Waals surface area contributed by atoms with Crippen molar-refractivity contribution < 1.29 is 24.5 Å². The molecule has 0 amide bonds. The third kappa shape index (κ3) is 2.56. The lowest BCUT2D eigenvalue weighted by molar-refractivity contribution is -0.153. The quantitative estimate of drug-likeness (QED) is 0.798. The summed E-state index contributed by atoms with van der Waals surface area (Å²) in [6, 6.07) is 1.73. The molecule has 0 bridgehead atoms.